The lowest BCUT2D eigenvalue weighted by Crippen LogP contribution is -2.61. The molecule has 0 unspecified atom stereocenters. The molecule has 6 nitrogen and oxygen atoms in total. The predicted molar refractivity (Wildman–Crippen MR) is 80.7 cm³/mol. The van der Waals surface area contributed by atoms with Gasteiger partial charge in [0.2, 0.25) is 0 Å². The highest BCUT2D eigenvalue weighted by molar-refractivity contribution is 6.34. The third-order valence-corrected chi connectivity index (χ3v) is 4.03. The lowest BCUT2D eigenvalue weighted by molar-refractivity contribution is -0.0125. The summed E-state index contributed by atoms with van der Waals surface area (Å²) in [7, 11) is 0. The molecule has 0 saturated carbocycles. The Morgan fingerprint density at radius 2 is 2.05 bits per heavy atom. The largest absolute Gasteiger partial charge is 0.444 e. The van der Waals surface area contributed by atoms with Crippen LogP contribution in [0.3, 0.4) is 0 Å². The van der Waals surface area contributed by atoms with Crippen molar-refractivity contribution in [2.24, 2.45) is 0 Å². The maximum absolute atomic E-state index is 12.4. The van der Waals surface area contributed by atoms with Crippen molar-refractivity contribution in [3.8, 4) is 0 Å². The van der Waals surface area contributed by atoms with Gasteiger partial charge in [-0.15, -0.1) is 0 Å². The van der Waals surface area contributed by atoms with Gasteiger partial charge < -0.3 is 14.5 Å². The van der Waals surface area contributed by atoms with Crippen LogP contribution in [-0.4, -0.2) is 51.5 Å². The van der Waals surface area contributed by atoms with Gasteiger partial charge in [0.05, 0.1) is 16.6 Å². The number of amides is 2. The second kappa shape index (κ2) is 5.12. The molecule has 0 atom stereocenters. The monoisotopic (exact) mass is 323 g/mol. The third-order valence-electron chi connectivity index (χ3n) is 3.75. The number of aromatic nitrogens is 1. The summed E-state index contributed by atoms with van der Waals surface area (Å²) in [6.45, 7) is 6.96. The van der Waals surface area contributed by atoms with Crippen LogP contribution in [0.4, 0.5) is 4.79 Å². The van der Waals surface area contributed by atoms with E-state index < -0.39 is 5.60 Å². The van der Waals surface area contributed by atoms with E-state index in [0.29, 0.717) is 30.2 Å². The first kappa shape index (κ1) is 15.1. The van der Waals surface area contributed by atoms with Crippen LogP contribution in [0.25, 0.3) is 0 Å². The number of nitrogens with zero attached hydrogens (tertiary/aromatic N) is 3. The molecule has 0 N–H and O–H groups in total. The lowest BCUT2D eigenvalue weighted by atomic mass is 10.1. The number of pyridine rings is 1. The molecule has 1 fully saturated rings. The van der Waals surface area contributed by atoms with Gasteiger partial charge in [0, 0.05) is 37.6 Å². The predicted octanol–water partition coefficient (Wildman–Crippen LogP) is 2.31. The second-order valence-electron chi connectivity index (χ2n) is 6.63. The number of hydrogen-bond acceptors (Lipinski definition) is 4. The summed E-state index contributed by atoms with van der Waals surface area (Å²) in [5.74, 6) is -0.0868. The van der Waals surface area contributed by atoms with Gasteiger partial charge in [-0.1, -0.05) is 11.6 Å². The number of carbonyl (C=O) groups is 2. The van der Waals surface area contributed by atoms with Crippen molar-refractivity contribution in [3.05, 3.63) is 28.5 Å². The van der Waals surface area contributed by atoms with Crippen molar-refractivity contribution in [2.45, 2.75) is 39.0 Å². The van der Waals surface area contributed by atoms with Crippen molar-refractivity contribution < 1.29 is 14.3 Å². The first-order valence-corrected chi connectivity index (χ1v) is 7.55. The van der Waals surface area contributed by atoms with E-state index in [4.69, 9.17) is 16.3 Å². The Bertz CT molecular complexity index is 635. The van der Waals surface area contributed by atoms with Gasteiger partial charge >= 0.3 is 6.09 Å². The molecule has 118 valence electrons. The maximum atomic E-state index is 12.4. The quantitative estimate of drug-likeness (QED) is 0.795. The van der Waals surface area contributed by atoms with Gasteiger partial charge in [-0.3, -0.25) is 9.78 Å². The molecular weight excluding hydrogens is 306 g/mol. The van der Waals surface area contributed by atoms with E-state index in [1.54, 1.807) is 16.0 Å². The van der Waals surface area contributed by atoms with Gasteiger partial charge in [0.1, 0.15) is 5.60 Å². The first-order chi connectivity index (χ1) is 10.3. The van der Waals surface area contributed by atoms with Crippen LogP contribution >= 0.6 is 11.6 Å². The van der Waals surface area contributed by atoms with Crippen molar-refractivity contribution in [1.82, 2.24) is 14.8 Å². The molecule has 0 bridgehead atoms. The van der Waals surface area contributed by atoms with Crippen LogP contribution in [0, 0.1) is 0 Å². The Morgan fingerprint density at radius 1 is 1.36 bits per heavy atom. The summed E-state index contributed by atoms with van der Waals surface area (Å²) >= 11 is 6.05. The first-order valence-electron chi connectivity index (χ1n) is 7.17. The maximum Gasteiger partial charge on any atom is 0.410 e. The normalized spacial score (nSPS) is 18.3. The third kappa shape index (κ3) is 2.63. The molecule has 3 heterocycles. The summed E-state index contributed by atoms with van der Waals surface area (Å²) in [6.07, 6.45) is 2.81. The van der Waals surface area contributed by atoms with Gasteiger partial charge in [-0.05, 0) is 20.8 Å². The molecular formula is C15H18ClN3O3. The minimum absolute atomic E-state index is 0.00323. The minimum Gasteiger partial charge on any atom is -0.444 e. The van der Waals surface area contributed by atoms with Crippen molar-refractivity contribution >= 4 is 23.6 Å². The fourth-order valence-corrected chi connectivity index (χ4v) is 2.91. The molecule has 0 radical (unpaired) electrons. The van der Waals surface area contributed by atoms with E-state index in [0.717, 1.165) is 5.56 Å². The molecule has 1 aromatic heterocycles. The average Bonchev–Trinajstić information content (AvgIpc) is 2.64. The molecule has 0 aromatic carbocycles. The van der Waals surface area contributed by atoms with Crippen LogP contribution < -0.4 is 0 Å². The number of likely N-dealkylation sites (tertiary alicyclic amines) is 1. The Morgan fingerprint density at radius 3 is 2.64 bits per heavy atom. The van der Waals surface area contributed by atoms with E-state index in [9.17, 15) is 9.59 Å². The molecule has 3 rings (SSSR count). The highest BCUT2D eigenvalue weighted by atomic mass is 35.5. The van der Waals surface area contributed by atoms with Gasteiger partial charge in [-0.2, -0.15) is 0 Å². The van der Waals surface area contributed by atoms with Crippen LogP contribution in [0.5, 0.6) is 0 Å². The summed E-state index contributed by atoms with van der Waals surface area (Å²) in [4.78, 5) is 31.7. The molecule has 1 saturated heterocycles. The van der Waals surface area contributed by atoms with Crippen LogP contribution in [-0.2, 0) is 11.3 Å². The smallest absolute Gasteiger partial charge is 0.410 e. The molecule has 22 heavy (non-hydrogen) atoms. The lowest BCUT2D eigenvalue weighted by Gasteiger charge is -2.43. The standard InChI is InChI=1S/C15H18ClN3O3/c1-15(2,3)22-14(21)18-7-10(8-18)19-6-9-4-17-5-11(16)12(9)13(19)20/h4-5,10H,6-8H2,1-3H3. The number of ether oxygens (including phenoxy) is 1. The number of fused-ring (bicyclic) bond motifs is 1. The second-order valence-corrected chi connectivity index (χ2v) is 7.03. The van der Waals surface area contributed by atoms with Crippen molar-refractivity contribution in [3.63, 3.8) is 0 Å². The molecule has 2 amide bonds. The molecule has 7 heteroatoms. The topological polar surface area (TPSA) is 62.7 Å². The summed E-state index contributed by atoms with van der Waals surface area (Å²) in [5.41, 5.74) is 0.863. The van der Waals surface area contributed by atoms with E-state index in [2.05, 4.69) is 4.98 Å². The molecule has 2 aliphatic heterocycles. The zero-order valence-corrected chi connectivity index (χ0v) is 13.6. The fraction of sp³-hybridized carbons (Fsp3) is 0.533. The van der Waals surface area contributed by atoms with Crippen LogP contribution in [0.1, 0.15) is 36.7 Å². The number of carbonyl (C=O) groups excluding carboxylic acids is 2. The highest BCUT2D eigenvalue weighted by Gasteiger charge is 2.42. The Kier molecular flexibility index (Phi) is 3.51. The van der Waals surface area contributed by atoms with Gasteiger partial charge in [0.15, 0.2) is 0 Å². The average molecular weight is 324 g/mol. The van der Waals surface area contributed by atoms with Gasteiger partial charge in [0.25, 0.3) is 5.91 Å². The minimum atomic E-state index is -0.513. The van der Waals surface area contributed by atoms with E-state index in [1.807, 2.05) is 20.8 Å². The van der Waals surface area contributed by atoms with E-state index in [1.165, 1.54) is 6.20 Å². The fourth-order valence-electron chi connectivity index (χ4n) is 2.66. The van der Waals surface area contributed by atoms with E-state index in [-0.39, 0.29) is 18.0 Å². The molecule has 2 aliphatic rings. The van der Waals surface area contributed by atoms with Crippen LogP contribution in [0.15, 0.2) is 12.4 Å². The SMILES string of the molecule is CC(C)(C)OC(=O)N1CC(N2Cc3cncc(Cl)c3C2=O)C1. The Labute approximate surface area is 134 Å². The molecule has 0 spiro atoms. The van der Waals surface area contributed by atoms with Crippen LogP contribution in [0.2, 0.25) is 5.02 Å². The number of hydrogen-bond donors (Lipinski definition) is 0. The number of rotatable bonds is 1. The zero-order valence-electron chi connectivity index (χ0n) is 12.8. The Balaban J connectivity index is 1.62. The molecule has 0 aliphatic carbocycles. The van der Waals surface area contributed by atoms with Crippen molar-refractivity contribution in [2.75, 3.05) is 13.1 Å². The van der Waals surface area contributed by atoms with Crippen molar-refractivity contribution in [1.29, 1.82) is 0 Å². The molecule has 1 aromatic rings. The van der Waals surface area contributed by atoms with E-state index >= 15 is 0 Å². The summed E-state index contributed by atoms with van der Waals surface area (Å²) in [6, 6.07) is 0.00323. The Hall–Kier alpha value is -1.82. The summed E-state index contributed by atoms with van der Waals surface area (Å²) in [5, 5.41) is 0.383. The van der Waals surface area contributed by atoms with Gasteiger partial charge in [-0.25, -0.2) is 4.79 Å². The summed E-state index contributed by atoms with van der Waals surface area (Å²) < 4.78 is 5.31. The zero-order chi connectivity index (χ0) is 16.1. The number of halogens is 1. The highest BCUT2D eigenvalue weighted by Crippen LogP contribution is 2.31.